The standard InChI is InChI=1S/C27H33NO2/c1-6-27(5,30)20-16-14-19(15-17-20)23-12-7-8-13-24(23)25(29)28-22-11-9-10-21(18-22)26(2,3)4/h7-8,11-18,30H,6,9-10H2,1-5H3,(H,28,29). The molecule has 2 aromatic rings. The average molecular weight is 404 g/mol. The molecule has 30 heavy (non-hydrogen) atoms. The third-order valence-corrected chi connectivity index (χ3v) is 6.01. The van der Waals surface area contributed by atoms with E-state index in [1.54, 1.807) is 0 Å². The largest absolute Gasteiger partial charge is 0.385 e. The molecule has 3 rings (SSSR count). The number of carbonyl (C=O) groups excluding carboxylic acids is 1. The van der Waals surface area contributed by atoms with Gasteiger partial charge in [-0.05, 0) is 60.4 Å². The maximum Gasteiger partial charge on any atom is 0.256 e. The second kappa shape index (κ2) is 8.61. The molecule has 0 spiro atoms. The van der Waals surface area contributed by atoms with Crippen molar-refractivity contribution in [2.45, 2.75) is 59.5 Å². The maximum atomic E-state index is 13.1. The van der Waals surface area contributed by atoms with E-state index in [0.29, 0.717) is 12.0 Å². The summed E-state index contributed by atoms with van der Waals surface area (Å²) in [5.41, 5.74) is 4.85. The summed E-state index contributed by atoms with van der Waals surface area (Å²) < 4.78 is 0. The molecule has 0 radical (unpaired) electrons. The third kappa shape index (κ3) is 4.91. The minimum atomic E-state index is -0.847. The highest BCUT2D eigenvalue weighted by molar-refractivity contribution is 6.01. The van der Waals surface area contributed by atoms with E-state index in [9.17, 15) is 9.90 Å². The highest BCUT2D eigenvalue weighted by Crippen LogP contribution is 2.33. The maximum absolute atomic E-state index is 13.1. The molecule has 2 N–H and O–H groups in total. The van der Waals surface area contributed by atoms with Crippen molar-refractivity contribution in [3.8, 4) is 11.1 Å². The van der Waals surface area contributed by atoms with Gasteiger partial charge in [0.2, 0.25) is 0 Å². The Balaban J connectivity index is 1.86. The molecule has 1 amide bonds. The Morgan fingerprint density at radius 3 is 2.33 bits per heavy atom. The zero-order chi connectivity index (χ0) is 21.9. The number of allylic oxidation sites excluding steroid dienone is 3. The van der Waals surface area contributed by atoms with Gasteiger partial charge in [-0.15, -0.1) is 0 Å². The number of rotatable bonds is 5. The minimum absolute atomic E-state index is 0.101. The summed E-state index contributed by atoms with van der Waals surface area (Å²) in [5.74, 6) is -0.104. The summed E-state index contributed by atoms with van der Waals surface area (Å²) >= 11 is 0. The van der Waals surface area contributed by atoms with Crippen LogP contribution in [0, 0.1) is 5.41 Å². The van der Waals surface area contributed by atoms with Crippen LogP contribution in [0.1, 0.15) is 69.8 Å². The molecule has 0 heterocycles. The molecule has 0 aliphatic heterocycles. The number of nitrogens with one attached hydrogen (secondary N) is 1. The quantitative estimate of drug-likeness (QED) is 0.611. The first-order chi connectivity index (χ1) is 14.1. The van der Waals surface area contributed by atoms with Gasteiger partial charge in [0.1, 0.15) is 0 Å². The lowest BCUT2D eigenvalue weighted by molar-refractivity contribution is 0.0531. The van der Waals surface area contributed by atoms with Crippen molar-refractivity contribution in [3.05, 3.63) is 83.1 Å². The van der Waals surface area contributed by atoms with Gasteiger partial charge in [-0.2, -0.15) is 0 Å². The van der Waals surface area contributed by atoms with E-state index in [1.807, 2.05) is 62.4 Å². The van der Waals surface area contributed by atoms with Crippen LogP contribution in [-0.4, -0.2) is 11.0 Å². The van der Waals surface area contributed by atoms with Gasteiger partial charge in [-0.25, -0.2) is 0 Å². The van der Waals surface area contributed by atoms with Gasteiger partial charge in [-0.3, -0.25) is 4.79 Å². The first-order valence-corrected chi connectivity index (χ1v) is 10.8. The molecule has 0 saturated carbocycles. The molecule has 0 saturated heterocycles. The Labute approximate surface area is 180 Å². The van der Waals surface area contributed by atoms with Gasteiger partial charge in [0.25, 0.3) is 5.91 Å². The molecule has 1 aliphatic rings. The summed E-state index contributed by atoms with van der Waals surface area (Å²) in [5, 5.41) is 13.6. The molecule has 0 bridgehead atoms. The first kappa shape index (κ1) is 22.0. The summed E-state index contributed by atoms with van der Waals surface area (Å²) in [6.07, 6.45) is 6.83. The van der Waals surface area contributed by atoms with Crippen molar-refractivity contribution in [1.82, 2.24) is 5.32 Å². The van der Waals surface area contributed by atoms with Crippen LogP contribution in [0.25, 0.3) is 11.1 Å². The topological polar surface area (TPSA) is 49.3 Å². The number of amides is 1. The fourth-order valence-corrected chi connectivity index (χ4v) is 3.72. The number of hydrogen-bond donors (Lipinski definition) is 2. The van der Waals surface area contributed by atoms with Crippen molar-refractivity contribution in [2.75, 3.05) is 0 Å². The molecule has 2 aromatic carbocycles. The zero-order valence-electron chi connectivity index (χ0n) is 18.8. The number of benzene rings is 2. The lowest BCUT2D eigenvalue weighted by atomic mass is 9.81. The second-order valence-electron chi connectivity index (χ2n) is 9.32. The van der Waals surface area contributed by atoms with Crippen molar-refractivity contribution in [3.63, 3.8) is 0 Å². The molecule has 1 atom stereocenters. The van der Waals surface area contributed by atoms with E-state index in [-0.39, 0.29) is 11.3 Å². The van der Waals surface area contributed by atoms with Crippen LogP contribution in [0.3, 0.4) is 0 Å². The van der Waals surface area contributed by atoms with E-state index in [4.69, 9.17) is 0 Å². The Hall–Kier alpha value is -2.65. The Bertz CT molecular complexity index is 973. The SMILES string of the molecule is CCC(C)(O)c1ccc(-c2ccccc2C(=O)NC2=CCCC(C(C)(C)C)=C2)cc1. The predicted molar refractivity (Wildman–Crippen MR) is 124 cm³/mol. The van der Waals surface area contributed by atoms with E-state index in [1.165, 1.54) is 5.57 Å². The van der Waals surface area contributed by atoms with Crippen LogP contribution >= 0.6 is 0 Å². The fraction of sp³-hybridized carbons (Fsp3) is 0.370. The van der Waals surface area contributed by atoms with E-state index >= 15 is 0 Å². The molecule has 1 unspecified atom stereocenters. The molecular weight excluding hydrogens is 370 g/mol. The smallest absolute Gasteiger partial charge is 0.256 e. The highest BCUT2D eigenvalue weighted by atomic mass is 16.3. The van der Waals surface area contributed by atoms with Gasteiger partial charge < -0.3 is 10.4 Å². The van der Waals surface area contributed by atoms with E-state index < -0.39 is 5.60 Å². The van der Waals surface area contributed by atoms with Crippen molar-refractivity contribution < 1.29 is 9.90 Å². The van der Waals surface area contributed by atoms with Crippen LogP contribution in [0.15, 0.2) is 72.0 Å². The Morgan fingerprint density at radius 1 is 1.03 bits per heavy atom. The zero-order valence-corrected chi connectivity index (χ0v) is 18.8. The molecule has 3 nitrogen and oxygen atoms in total. The predicted octanol–water partition coefficient (Wildman–Crippen LogP) is 6.35. The summed E-state index contributed by atoms with van der Waals surface area (Å²) in [6, 6.07) is 15.5. The van der Waals surface area contributed by atoms with Crippen LogP contribution in [0.4, 0.5) is 0 Å². The molecular formula is C27H33NO2. The lowest BCUT2D eigenvalue weighted by Gasteiger charge is -2.26. The van der Waals surface area contributed by atoms with Crippen LogP contribution in [0.2, 0.25) is 0 Å². The molecule has 1 aliphatic carbocycles. The molecule has 3 heteroatoms. The lowest BCUT2D eigenvalue weighted by Crippen LogP contribution is -2.25. The monoisotopic (exact) mass is 403 g/mol. The number of carbonyl (C=O) groups is 1. The molecule has 0 fully saturated rings. The molecule has 0 aromatic heterocycles. The first-order valence-electron chi connectivity index (χ1n) is 10.8. The van der Waals surface area contributed by atoms with Gasteiger partial charge in [0.15, 0.2) is 0 Å². The van der Waals surface area contributed by atoms with Gasteiger partial charge in [0.05, 0.1) is 5.60 Å². The summed E-state index contributed by atoms with van der Waals surface area (Å²) in [7, 11) is 0. The van der Waals surface area contributed by atoms with Crippen molar-refractivity contribution >= 4 is 5.91 Å². The summed E-state index contributed by atoms with van der Waals surface area (Å²) in [4.78, 5) is 13.1. The van der Waals surface area contributed by atoms with Gasteiger partial charge in [0, 0.05) is 11.3 Å². The fourth-order valence-electron chi connectivity index (χ4n) is 3.72. The average Bonchev–Trinajstić information content (AvgIpc) is 2.73. The Kier molecular flexibility index (Phi) is 6.33. The third-order valence-electron chi connectivity index (χ3n) is 6.01. The minimum Gasteiger partial charge on any atom is -0.385 e. The second-order valence-corrected chi connectivity index (χ2v) is 9.32. The van der Waals surface area contributed by atoms with Crippen molar-refractivity contribution in [1.29, 1.82) is 0 Å². The summed E-state index contributed by atoms with van der Waals surface area (Å²) in [6.45, 7) is 10.4. The molecule has 158 valence electrons. The van der Waals surface area contributed by atoms with Crippen molar-refractivity contribution in [2.24, 2.45) is 5.41 Å². The van der Waals surface area contributed by atoms with Gasteiger partial charge >= 0.3 is 0 Å². The normalized spacial score (nSPS) is 16.3. The van der Waals surface area contributed by atoms with Crippen LogP contribution < -0.4 is 5.32 Å². The van der Waals surface area contributed by atoms with Crippen LogP contribution in [0.5, 0.6) is 0 Å². The number of aliphatic hydroxyl groups is 1. The van der Waals surface area contributed by atoms with Gasteiger partial charge in [-0.1, -0.05) is 81.8 Å². The van der Waals surface area contributed by atoms with E-state index in [2.05, 4.69) is 38.2 Å². The highest BCUT2D eigenvalue weighted by Gasteiger charge is 2.22. The number of hydrogen-bond acceptors (Lipinski definition) is 2. The Morgan fingerprint density at radius 2 is 1.70 bits per heavy atom. The van der Waals surface area contributed by atoms with E-state index in [0.717, 1.165) is 35.2 Å². The van der Waals surface area contributed by atoms with Crippen LogP contribution in [-0.2, 0) is 5.60 Å².